The second-order valence-electron chi connectivity index (χ2n) is 7.77. The monoisotopic (exact) mass is 461 g/mol. The SMILES string of the molecule is CCCCn1c(CSc2nc3ccccc3o2)nc2c1c(=O)[nH]c(=O)n2Cc1ccccc1. The van der Waals surface area contributed by atoms with E-state index in [1.165, 1.54) is 16.3 Å². The van der Waals surface area contributed by atoms with Crippen molar-refractivity contribution >= 4 is 34.0 Å². The highest BCUT2D eigenvalue weighted by atomic mass is 32.2. The molecule has 0 fully saturated rings. The van der Waals surface area contributed by atoms with Gasteiger partial charge in [-0.15, -0.1) is 0 Å². The molecule has 2 aromatic carbocycles. The Labute approximate surface area is 193 Å². The number of rotatable bonds is 8. The van der Waals surface area contributed by atoms with Crippen molar-refractivity contribution in [2.75, 3.05) is 0 Å². The molecule has 0 aliphatic heterocycles. The van der Waals surface area contributed by atoms with Crippen molar-refractivity contribution in [1.29, 1.82) is 0 Å². The second kappa shape index (κ2) is 9.11. The Hall–Kier alpha value is -3.59. The lowest BCUT2D eigenvalue weighted by molar-refractivity contribution is 0.489. The molecule has 0 spiro atoms. The van der Waals surface area contributed by atoms with Crippen LogP contribution in [-0.2, 0) is 18.8 Å². The van der Waals surface area contributed by atoms with Crippen LogP contribution in [0.3, 0.4) is 0 Å². The number of benzene rings is 2. The molecule has 0 saturated carbocycles. The number of para-hydroxylation sites is 2. The molecule has 33 heavy (non-hydrogen) atoms. The van der Waals surface area contributed by atoms with Gasteiger partial charge >= 0.3 is 5.69 Å². The van der Waals surface area contributed by atoms with Crippen LogP contribution in [0.5, 0.6) is 0 Å². The standard InChI is InChI=1S/C24H23N5O3S/c1-2-3-13-28-19(15-33-24-25-17-11-7-8-12-18(17)32-24)26-21-20(28)22(30)27-23(31)29(21)14-16-9-5-4-6-10-16/h4-12H,2-3,13-15H2,1H3,(H,27,30,31). The summed E-state index contributed by atoms with van der Waals surface area (Å²) in [6.45, 7) is 3.07. The molecule has 0 aliphatic carbocycles. The van der Waals surface area contributed by atoms with Crippen LogP contribution in [0.1, 0.15) is 31.2 Å². The lowest BCUT2D eigenvalue weighted by Crippen LogP contribution is -2.31. The zero-order valence-electron chi connectivity index (χ0n) is 18.2. The molecule has 0 radical (unpaired) electrons. The third kappa shape index (κ3) is 4.23. The third-order valence-corrected chi connectivity index (χ3v) is 6.31. The topological polar surface area (TPSA) is 98.7 Å². The number of unbranched alkanes of at least 4 members (excludes halogenated alkanes) is 1. The maximum Gasteiger partial charge on any atom is 0.330 e. The van der Waals surface area contributed by atoms with Crippen LogP contribution >= 0.6 is 11.8 Å². The number of H-pyrrole nitrogens is 1. The fraction of sp³-hybridized carbons (Fsp3) is 0.250. The van der Waals surface area contributed by atoms with Gasteiger partial charge in [0, 0.05) is 6.54 Å². The quantitative estimate of drug-likeness (QED) is 0.348. The summed E-state index contributed by atoms with van der Waals surface area (Å²) in [5, 5.41) is 0.542. The van der Waals surface area contributed by atoms with Gasteiger partial charge in [-0.2, -0.15) is 0 Å². The number of thioether (sulfide) groups is 1. The van der Waals surface area contributed by atoms with Gasteiger partial charge in [0.1, 0.15) is 11.3 Å². The van der Waals surface area contributed by atoms with E-state index in [-0.39, 0.29) is 0 Å². The molecule has 5 aromatic rings. The van der Waals surface area contributed by atoms with Crippen LogP contribution in [0.4, 0.5) is 0 Å². The zero-order chi connectivity index (χ0) is 22.8. The van der Waals surface area contributed by atoms with Gasteiger partial charge in [-0.05, 0) is 24.1 Å². The van der Waals surface area contributed by atoms with E-state index in [0.717, 1.165) is 29.5 Å². The van der Waals surface area contributed by atoms with Crippen LogP contribution in [-0.4, -0.2) is 24.1 Å². The Morgan fingerprint density at radius 3 is 2.58 bits per heavy atom. The van der Waals surface area contributed by atoms with Crippen molar-refractivity contribution in [3.05, 3.63) is 86.8 Å². The summed E-state index contributed by atoms with van der Waals surface area (Å²) in [7, 11) is 0. The molecule has 3 heterocycles. The van der Waals surface area contributed by atoms with E-state index >= 15 is 0 Å². The smallest absolute Gasteiger partial charge is 0.330 e. The van der Waals surface area contributed by atoms with Crippen molar-refractivity contribution in [2.45, 2.75) is 43.8 Å². The Morgan fingerprint density at radius 1 is 1.00 bits per heavy atom. The summed E-state index contributed by atoms with van der Waals surface area (Å²) >= 11 is 1.42. The van der Waals surface area contributed by atoms with Gasteiger partial charge in [-0.25, -0.2) is 14.8 Å². The molecular weight excluding hydrogens is 438 g/mol. The predicted octanol–water partition coefficient (Wildman–Crippen LogP) is 4.17. The number of hydrogen-bond acceptors (Lipinski definition) is 6. The first-order chi connectivity index (χ1) is 16.1. The van der Waals surface area contributed by atoms with E-state index < -0.39 is 11.2 Å². The van der Waals surface area contributed by atoms with Gasteiger partial charge in [0.2, 0.25) is 0 Å². The Bertz CT molecular complexity index is 1500. The predicted molar refractivity (Wildman–Crippen MR) is 129 cm³/mol. The summed E-state index contributed by atoms with van der Waals surface area (Å²) in [4.78, 5) is 37.3. The largest absolute Gasteiger partial charge is 0.431 e. The number of aromatic amines is 1. The average Bonchev–Trinajstić information content (AvgIpc) is 3.41. The maximum atomic E-state index is 12.8. The van der Waals surface area contributed by atoms with E-state index in [9.17, 15) is 9.59 Å². The minimum atomic E-state index is -0.463. The van der Waals surface area contributed by atoms with Crippen LogP contribution in [0.25, 0.3) is 22.3 Å². The Kier molecular flexibility index (Phi) is 5.87. The van der Waals surface area contributed by atoms with Crippen molar-refractivity contribution in [2.24, 2.45) is 0 Å². The molecule has 168 valence electrons. The van der Waals surface area contributed by atoms with Gasteiger partial charge < -0.3 is 8.98 Å². The summed E-state index contributed by atoms with van der Waals surface area (Å²) in [6.07, 6.45) is 1.86. The van der Waals surface area contributed by atoms with Crippen molar-refractivity contribution < 1.29 is 4.42 Å². The minimum Gasteiger partial charge on any atom is -0.431 e. The first-order valence-corrected chi connectivity index (χ1v) is 11.9. The molecule has 9 heteroatoms. The molecule has 0 saturated heterocycles. The van der Waals surface area contributed by atoms with E-state index in [1.54, 1.807) is 0 Å². The van der Waals surface area contributed by atoms with Gasteiger partial charge in [0.25, 0.3) is 10.8 Å². The Morgan fingerprint density at radius 2 is 1.79 bits per heavy atom. The summed E-state index contributed by atoms with van der Waals surface area (Å²) in [6, 6.07) is 17.3. The molecule has 3 aromatic heterocycles. The summed E-state index contributed by atoms with van der Waals surface area (Å²) in [5.74, 6) is 1.17. The van der Waals surface area contributed by atoms with Crippen molar-refractivity contribution in [1.82, 2.24) is 24.1 Å². The molecule has 0 bridgehead atoms. The molecular formula is C24H23N5O3S. The number of nitrogens with zero attached hydrogens (tertiary/aromatic N) is 4. The van der Waals surface area contributed by atoms with Gasteiger partial charge in [0.05, 0.1) is 12.3 Å². The van der Waals surface area contributed by atoms with E-state index in [1.807, 2.05) is 59.2 Å². The van der Waals surface area contributed by atoms with Crippen LogP contribution in [0.2, 0.25) is 0 Å². The van der Waals surface area contributed by atoms with Gasteiger partial charge in [-0.1, -0.05) is 67.6 Å². The second-order valence-corrected chi connectivity index (χ2v) is 8.70. The number of aryl methyl sites for hydroxylation is 1. The normalized spacial score (nSPS) is 11.5. The van der Waals surface area contributed by atoms with Crippen LogP contribution in [0, 0.1) is 0 Å². The Balaban J connectivity index is 1.56. The molecule has 0 amide bonds. The molecule has 0 atom stereocenters. The first-order valence-electron chi connectivity index (χ1n) is 10.9. The lowest BCUT2D eigenvalue weighted by atomic mass is 10.2. The van der Waals surface area contributed by atoms with E-state index in [2.05, 4.69) is 16.9 Å². The van der Waals surface area contributed by atoms with Gasteiger partial charge in [-0.3, -0.25) is 14.3 Å². The fourth-order valence-electron chi connectivity index (χ4n) is 3.84. The minimum absolute atomic E-state index is 0.329. The van der Waals surface area contributed by atoms with Gasteiger partial charge in [0.15, 0.2) is 16.7 Å². The number of oxazole rings is 1. The highest BCUT2D eigenvalue weighted by Gasteiger charge is 2.19. The summed E-state index contributed by atoms with van der Waals surface area (Å²) < 4.78 is 9.28. The lowest BCUT2D eigenvalue weighted by Gasteiger charge is -2.08. The van der Waals surface area contributed by atoms with Crippen molar-refractivity contribution in [3.63, 3.8) is 0 Å². The average molecular weight is 462 g/mol. The molecule has 8 nitrogen and oxygen atoms in total. The molecule has 0 aliphatic rings. The number of nitrogens with one attached hydrogen (secondary N) is 1. The molecule has 0 unspecified atom stereocenters. The van der Waals surface area contributed by atoms with Crippen LogP contribution < -0.4 is 11.2 Å². The highest BCUT2D eigenvalue weighted by molar-refractivity contribution is 7.98. The van der Waals surface area contributed by atoms with E-state index in [0.29, 0.717) is 41.1 Å². The number of imidazole rings is 1. The highest BCUT2D eigenvalue weighted by Crippen LogP contribution is 2.27. The molecule has 1 N–H and O–H groups in total. The first kappa shape index (κ1) is 21.3. The number of hydrogen-bond donors (Lipinski definition) is 1. The maximum absolute atomic E-state index is 12.8. The van der Waals surface area contributed by atoms with Crippen LogP contribution in [0.15, 0.2) is 73.8 Å². The number of aromatic nitrogens is 5. The summed E-state index contributed by atoms with van der Waals surface area (Å²) in [5.41, 5.74) is 2.43. The zero-order valence-corrected chi connectivity index (χ0v) is 19.0. The van der Waals surface area contributed by atoms with E-state index in [4.69, 9.17) is 9.40 Å². The molecule has 5 rings (SSSR count). The fourth-order valence-corrected chi connectivity index (χ4v) is 4.62. The van der Waals surface area contributed by atoms with Crippen molar-refractivity contribution in [3.8, 4) is 0 Å². The third-order valence-electron chi connectivity index (χ3n) is 5.48. The number of fused-ring (bicyclic) bond motifs is 2.